The fourth-order valence-electron chi connectivity index (χ4n) is 9.63. The first-order chi connectivity index (χ1) is 32.5. The van der Waals surface area contributed by atoms with Crippen LogP contribution in [0.25, 0.3) is 89.0 Å². The lowest BCUT2D eigenvalue weighted by Gasteiger charge is -2.25. The second-order valence-corrected chi connectivity index (χ2v) is 16.9. The Morgan fingerprint density at radius 3 is 1.77 bits per heavy atom. The molecule has 0 spiro atoms. The number of benzene rings is 8. The molecule has 10 aromatic rings. The van der Waals surface area contributed by atoms with E-state index in [1.165, 1.54) is 66.4 Å². The van der Waals surface area contributed by atoms with Crippen LogP contribution in [-0.2, 0) is 6.42 Å². The molecule has 12 rings (SSSR count). The van der Waals surface area contributed by atoms with E-state index in [4.69, 9.17) is 4.98 Å². The number of anilines is 2. The maximum Gasteiger partial charge on any atom is 0.0715 e. The van der Waals surface area contributed by atoms with Crippen LogP contribution in [0.1, 0.15) is 23.6 Å². The molecule has 0 atom stereocenters. The van der Waals surface area contributed by atoms with Crippen molar-refractivity contribution in [2.45, 2.75) is 13.3 Å². The Morgan fingerprint density at radius 2 is 1.05 bits per heavy atom. The summed E-state index contributed by atoms with van der Waals surface area (Å²) in [6.07, 6.45) is 11.0. The highest BCUT2D eigenvalue weighted by atomic mass is 15.1. The summed E-state index contributed by atoms with van der Waals surface area (Å²) in [5.41, 5.74) is 22.1. The number of fused-ring (bicyclic) bond motifs is 7. The van der Waals surface area contributed by atoms with Crippen LogP contribution < -0.4 is 4.90 Å². The predicted octanol–water partition coefficient (Wildman–Crippen LogP) is 16.8. The Labute approximate surface area is 386 Å². The highest BCUT2D eigenvalue weighted by molar-refractivity contribution is 6.10. The molecule has 0 radical (unpaired) electrons. The van der Waals surface area contributed by atoms with Gasteiger partial charge in [0.1, 0.15) is 0 Å². The molecule has 1 aliphatic heterocycles. The van der Waals surface area contributed by atoms with E-state index in [0.717, 1.165) is 57.0 Å². The monoisotopic (exact) mass is 845 g/mol. The summed E-state index contributed by atoms with van der Waals surface area (Å²) in [5, 5.41) is 2.47. The molecule has 0 saturated heterocycles. The van der Waals surface area contributed by atoms with E-state index in [2.05, 4.69) is 247 Å². The Hall–Kier alpha value is -8.53. The minimum absolute atomic E-state index is 0.881. The van der Waals surface area contributed by atoms with Gasteiger partial charge in [-0.3, -0.25) is 0 Å². The highest BCUT2D eigenvalue weighted by Crippen LogP contribution is 2.43. The van der Waals surface area contributed by atoms with Crippen molar-refractivity contribution in [3.05, 3.63) is 261 Å². The third-order valence-corrected chi connectivity index (χ3v) is 12.7. The lowest BCUT2D eigenvalue weighted by atomic mass is 9.95. The van der Waals surface area contributed by atoms with E-state index in [-0.39, 0.29) is 0 Å². The zero-order chi connectivity index (χ0) is 44.6. The van der Waals surface area contributed by atoms with Gasteiger partial charge in [-0.2, -0.15) is 0 Å². The second-order valence-electron chi connectivity index (χ2n) is 16.9. The van der Waals surface area contributed by atoms with Crippen LogP contribution in [0.2, 0.25) is 0 Å². The molecule has 0 unspecified atom stereocenters. The first-order valence-corrected chi connectivity index (χ1v) is 22.6. The van der Waals surface area contributed by atoms with Crippen molar-refractivity contribution in [3.63, 3.8) is 0 Å². The third-order valence-electron chi connectivity index (χ3n) is 12.7. The fourth-order valence-corrected chi connectivity index (χ4v) is 9.63. The summed E-state index contributed by atoms with van der Waals surface area (Å²) < 4.78 is 2.44. The van der Waals surface area contributed by atoms with Gasteiger partial charge in [-0.15, -0.1) is 6.58 Å². The number of pyridine rings is 1. The number of hydrogen-bond donors (Lipinski definition) is 0. The number of aromatic nitrogens is 2. The summed E-state index contributed by atoms with van der Waals surface area (Å²) in [6.45, 7) is 9.73. The molecule has 3 heterocycles. The van der Waals surface area contributed by atoms with Gasteiger partial charge in [0.2, 0.25) is 0 Å². The van der Waals surface area contributed by atoms with Gasteiger partial charge in [0, 0.05) is 45.0 Å². The van der Waals surface area contributed by atoms with Crippen LogP contribution in [0.3, 0.4) is 0 Å². The standard InChI is InChI=1S/C60H41N3.C3H6/c1-40-15-13-14-32-62(49-20-9-4-10-21-49)58-30-25-44(36-54(40)58)45-26-31-60-55(37-45)53-22-11-12-23-59(53)63(60)50-27-29-52-48(35-50)34-47-33-43(24-28-51(47)52)46-38-56(41-16-5-2-6-17-41)61-57(39-46)42-18-7-3-8-19-42;1-3-2/h2-33,35-39H,1,34H2;3H,1H2,2H3/b15-13-,32-14-;. The first-order valence-electron chi connectivity index (χ1n) is 22.6. The first kappa shape index (κ1) is 40.3. The van der Waals surface area contributed by atoms with Crippen molar-refractivity contribution in [1.82, 2.24) is 9.55 Å². The van der Waals surface area contributed by atoms with E-state index >= 15 is 0 Å². The van der Waals surface area contributed by atoms with E-state index < -0.39 is 0 Å². The van der Waals surface area contributed by atoms with E-state index in [0.29, 0.717) is 0 Å². The van der Waals surface area contributed by atoms with Gasteiger partial charge in [-0.1, -0.05) is 158 Å². The maximum atomic E-state index is 5.13. The normalized spacial score (nSPS) is 13.5. The van der Waals surface area contributed by atoms with E-state index in [9.17, 15) is 0 Å². The minimum Gasteiger partial charge on any atom is -0.317 e. The van der Waals surface area contributed by atoms with Crippen LogP contribution in [0.5, 0.6) is 0 Å². The minimum atomic E-state index is 0.881. The molecule has 0 N–H and O–H groups in total. The molecule has 0 bridgehead atoms. The molecule has 2 aliphatic rings. The maximum absolute atomic E-state index is 5.13. The molecular weight excluding hydrogens is 799 g/mol. The van der Waals surface area contributed by atoms with Gasteiger partial charge in [-0.25, -0.2) is 4.98 Å². The zero-order valence-electron chi connectivity index (χ0n) is 36.9. The van der Waals surface area contributed by atoms with Gasteiger partial charge < -0.3 is 9.47 Å². The molecule has 314 valence electrons. The SMILES string of the molecule is C=C1/C=C\C=C/N(c2ccccc2)c2ccc(-c3ccc4c(c3)c3ccccc3n4-c3ccc4c(c3)Cc3cc(-c5cc(-c6ccccc6)nc(-c6ccccc6)c5)ccc3-4)cc21.C=CC. The van der Waals surface area contributed by atoms with E-state index in [1.54, 1.807) is 6.08 Å². The van der Waals surface area contributed by atoms with Crippen molar-refractivity contribution in [2.75, 3.05) is 4.90 Å². The Balaban J connectivity index is 0.00000156. The van der Waals surface area contributed by atoms with Crippen molar-refractivity contribution in [2.24, 2.45) is 0 Å². The summed E-state index contributed by atoms with van der Waals surface area (Å²) in [5.74, 6) is 0. The quantitative estimate of drug-likeness (QED) is 0.156. The van der Waals surface area contributed by atoms with E-state index in [1.807, 2.05) is 6.92 Å². The van der Waals surface area contributed by atoms with Crippen LogP contribution in [0.15, 0.2) is 244 Å². The lowest BCUT2D eigenvalue weighted by Crippen LogP contribution is -2.11. The second kappa shape index (κ2) is 17.2. The van der Waals surface area contributed by atoms with Crippen molar-refractivity contribution in [3.8, 4) is 61.6 Å². The number of nitrogens with zero attached hydrogens (tertiary/aromatic N) is 3. The Bertz CT molecular complexity index is 3480. The molecule has 3 heteroatoms. The molecule has 66 heavy (non-hydrogen) atoms. The molecule has 1 aliphatic carbocycles. The molecule has 0 fully saturated rings. The average molecular weight is 846 g/mol. The summed E-state index contributed by atoms with van der Waals surface area (Å²) in [7, 11) is 0. The molecule has 3 nitrogen and oxygen atoms in total. The Morgan fingerprint density at radius 1 is 0.470 bits per heavy atom. The summed E-state index contributed by atoms with van der Waals surface area (Å²) in [6, 6.07) is 72.4. The summed E-state index contributed by atoms with van der Waals surface area (Å²) in [4.78, 5) is 7.37. The molecular formula is C63H47N3. The molecule has 0 saturated carbocycles. The van der Waals surface area contributed by atoms with Crippen LogP contribution >= 0.6 is 0 Å². The van der Waals surface area contributed by atoms with Gasteiger partial charge in [-0.05, 0) is 136 Å². The average Bonchev–Trinajstić information content (AvgIpc) is 3.91. The summed E-state index contributed by atoms with van der Waals surface area (Å²) >= 11 is 0. The number of para-hydroxylation sites is 2. The highest BCUT2D eigenvalue weighted by Gasteiger charge is 2.22. The number of rotatable bonds is 6. The van der Waals surface area contributed by atoms with Crippen LogP contribution in [-0.4, -0.2) is 9.55 Å². The molecule has 8 aromatic carbocycles. The fraction of sp³-hybridized carbons (Fsp3) is 0.0317. The lowest BCUT2D eigenvalue weighted by molar-refractivity contribution is 1.16. The number of allylic oxidation sites excluding steroid dienone is 5. The third kappa shape index (κ3) is 7.37. The largest absolute Gasteiger partial charge is 0.317 e. The van der Waals surface area contributed by atoms with Crippen LogP contribution in [0.4, 0.5) is 11.4 Å². The van der Waals surface area contributed by atoms with Gasteiger partial charge in [0.25, 0.3) is 0 Å². The smallest absolute Gasteiger partial charge is 0.0715 e. The van der Waals surface area contributed by atoms with Crippen LogP contribution in [0, 0.1) is 0 Å². The topological polar surface area (TPSA) is 21.1 Å². The van der Waals surface area contributed by atoms with Crippen molar-refractivity contribution < 1.29 is 0 Å². The Kier molecular flexibility index (Phi) is 10.5. The van der Waals surface area contributed by atoms with Crippen molar-refractivity contribution in [1.29, 1.82) is 0 Å². The predicted molar refractivity (Wildman–Crippen MR) is 280 cm³/mol. The van der Waals surface area contributed by atoms with Gasteiger partial charge in [0.15, 0.2) is 0 Å². The zero-order valence-corrected chi connectivity index (χ0v) is 36.9. The van der Waals surface area contributed by atoms with Crippen molar-refractivity contribution >= 4 is 38.8 Å². The van der Waals surface area contributed by atoms with Gasteiger partial charge in [0.05, 0.1) is 28.1 Å². The van der Waals surface area contributed by atoms with Gasteiger partial charge >= 0.3 is 0 Å². The molecule has 2 aromatic heterocycles. The number of hydrogen-bond acceptors (Lipinski definition) is 2. The molecule has 0 amide bonds.